The predicted octanol–water partition coefficient (Wildman–Crippen LogP) is 11.9. The molecule has 57 heavy (non-hydrogen) atoms. The second-order valence-electron chi connectivity index (χ2n) is 18.2. The van der Waals surface area contributed by atoms with Crippen LogP contribution in [0, 0.1) is 20.8 Å². The Kier molecular flexibility index (Phi) is 8.05. The molecule has 7 aromatic rings. The van der Waals surface area contributed by atoms with Crippen molar-refractivity contribution >= 4 is 78.0 Å². The van der Waals surface area contributed by atoms with Gasteiger partial charge in [-0.05, 0) is 123 Å². The van der Waals surface area contributed by atoms with E-state index in [2.05, 4.69) is 181 Å². The molecule has 0 radical (unpaired) electrons. The van der Waals surface area contributed by atoms with Gasteiger partial charge in [0.25, 0.3) is 6.71 Å². The molecule has 0 N–H and O–H groups in total. The van der Waals surface area contributed by atoms with Crippen LogP contribution in [-0.4, -0.2) is 19.9 Å². The fraction of sp³-hybridized carbons (Fsp3) is 0.255. The standard InChI is InChI=1S/C51H49BN2O2S/c1-30-23-41-47-42(24-30)54(48-31(2)25-35(26-32(48)3)51(7,8)9)49-46(36-17-13-14-18-45(36)57-49)52(47)38-28-43-44(56-22-21-55-43)29-40(38)53(41)39-20-19-34(50(4,5)6)27-37(39)33-15-11-10-12-16-33/h10-20,23-29H,21-22H2,1-9H3. The molecule has 4 heterocycles. The Bertz CT molecular complexity index is 2750. The molecule has 0 bridgehead atoms. The van der Waals surface area contributed by atoms with Gasteiger partial charge in [0.05, 0.1) is 16.4 Å². The highest BCUT2D eigenvalue weighted by Gasteiger charge is 2.47. The second-order valence-corrected chi connectivity index (χ2v) is 19.3. The lowest BCUT2D eigenvalue weighted by atomic mass is 9.33. The first-order valence-corrected chi connectivity index (χ1v) is 21.1. The molecule has 0 atom stereocenters. The Hall–Kier alpha value is -5.46. The van der Waals surface area contributed by atoms with Crippen molar-refractivity contribution in [1.82, 2.24) is 0 Å². The first-order chi connectivity index (χ1) is 27.3. The van der Waals surface area contributed by atoms with Gasteiger partial charge in [-0.3, -0.25) is 0 Å². The molecule has 0 fully saturated rings. The first-order valence-electron chi connectivity index (χ1n) is 20.3. The molecule has 6 heteroatoms. The summed E-state index contributed by atoms with van der Waals surface area (Å²) in [7, 11) is 0. The molecule has 1 aromatic heterocycles. The molecule has 0 amide bonds. The van der Waals surface area contributed by atoms with E-state index in [1.54, 1.807) is 0 Å². The van der Waals surface area contributed by atoms with Crippen molar-refractivity contribution in [3.8, 4) is 22.6 Å². The van der Waals surface area contributed by atoms with Crippen LogP contribution in [0.1, 0.15) is 69.4 Å². The SMILES string of the molecule is Cc1cc2c3c(c1)N(c1c(C)cc(C(C)(C)C)cc1C)c1sc4ccccc4c1B3c1cc3c(cc1N2c1ccc(C(C)(C)C)cc1-c1ccccc1)OCCO3. The molecule has 0 saturated heterocycles. The minimum atomic E-state index is -0.0245. The number of benzene rings is 6. The van der Waals surface area contributed by atoms with E-state index in [-0.39, 0.29) is 17.5 Å². The average molecular weight is 765 g/mol. The number of aryl methyl sites for hydroxylation is 3. The fourth-order valence-electron chi connectivity index (χ4n) is 9.41. The van der Waals surface area contributed by atoms with Crippen LogP contribution in [0.4, 0.5) is 33.4 Å². The number of fused-ring (bicyclic) bond motifs is 7. The Morgan fingerprint density at radius 1 is 0.579 bits per heavy atom. The molecule has 3 aliphatic heterocycles. The van der Waals surface area contributed by atoms with Gasteiger partial charge in [0, 0.05) is 33.4 Å². The number of hydrogen-bond acceptors (Lipinski definition) is 5. The summed E-state index contributed by atoms with van der Waals surface area (Å²) in [4.78, 5) is 5.15. The van der Waals surface area contributed by atoms with Crippen LogP contribution in [0.25, 0.3) is 21.2 Å². The number of nitrogens with zero attached hydrogens (tertiary/aromatic N) is 2. The second kappa shape index (κ2) is 12.8. The van der Waals surface area contributed by atoms with Crippen molar-refractivity contribution in [2.45, 2.75) is 73.1 Å². The average Bonchev–Trinajstić information content (AvgIpc) is 3.56. The number of anilines is 6. The molecule has 10 rings (SSSR count). The lowest BCUT2D eigenvalue weighted by molar-refractivity contribution is 0.172. The molecule has 0 spiro atoms. The summed E-state index contributed by atoms with van der Waals surface area (Å²) in [5.74, 6) is 1.61. The van der Waals surface area contributed by atoms with E-state index in [1.165, 1.54) is 87.5 Å². The zero-order valence-electron chi connectivity index (χ0n) is 34.5. The van der Waals surface area contributed by atoms with E-state index >= 15 is 0 Å². The molecule has 0 unspecified atom stereocenters. The number of ether oxygens (including phenoxy) is 2. The molecular formula is C51H49BN2O2S. The molecule has 4 nitrogen and oxygen atoms in total. The van der Waals surface area contributed by atoms with E-state index in [9.17, 15) is 0 Å². The van der Waals surface area contributed by atoms with Gasteiger partial charge in [0.1, 0.15) is 13.2 Å². The summed E-state index contributed by atoms with van der Waals surface area (Å²) in [6.45, 7) is 21.7. The highest BCUT2D eigenvalue weighted by molar-refractivity contribution is 7.26. The molecular weight excluding hydrogens is 715 g/mol. The topological polar surface area (TPSA) is 24.9 Å². The van der Waals surface area contributed by atoms with E-state index in [0.717, 1.165) is 22.9 Å². The van der Waals surface area contributed by atoms with Crippen molar-refractivity contribution in [2.75, 3.05) is 23.0 Å². The van der Waals surface area contributed by atoms with Gasteiger partial charge < -0.3 is 19.3 Å². The third kappa shape index (κ3) is 5.62. The lowest BCUT2D eigenvalue weighted by Gasteiger charge is -2.44. The van der Waals surface area contributed by atoms with Crippen LogP contribution >= 0.6 is 11.3 Å². The van der Waals surface area contributed by atoms with Crippen molar-refractivity contribution < 1.29 is 9.47 Å². The minimum absolute atomic E-state index is 0.0190. The van der Waals surface area contributed by atoms with Gasteiger partial charge in [-0.1, -0.05) is 108 Å². The Labute approximate surface area is 341 Å². The Morgan fingerprint density at radius 3 is 1.89 bits per heavy atom. The fourth-order valence-corrected chi connectivity index (χ4v) is 10.7. The number of hydrogen-bond donors (Lipinski definition) is 0. The number of rotatable bonds is 3. The van der Waals surface area contributed by atoms with Gasteiger partial charge in [-0.2, -0.15) is 0 Å². The van der Waals surface area contributed by atoms with Crippen LogP contribution in [0.3, 0.4) is 0 Å². The normalized spacial score (nSPS) is 14.4. The van der Waals surface area contributed by atoms with Crippen molar-refractivity contribution in [3.05, 3.63) is 137 Å². The maximum absolute atomic E-state index is 6.39. The highest BCUT2D eigenvalue weighted by atomic mass is 32.1. The number of thiophene rings is 1. The zero-order chi connectivity index (χ0) is 39.5. The van der Waals surface area contributed by atoms with Gasteiger partial charge in [-0.25, -0.2) is 0 Å². The van der Waals surface area contributed by atoms with Crippen molar-refractivity contribution in [2.24, 2.45) is 0 Å². The largest absolute Gasteiger partial charge is 0.486 e. The van der Waals surface area contributed by atoms with Gasteiger partial charge >= 0.3 is 0 Å². The third-order valence-electron chi connectivity index (χ3n) is 12.2. The monoisotopic (exact) mass is 764 g/mol. The summed E-state index contributed by atoms with van der Waals surface area (Å²) >= 11 is 1.91. The molecule has 0 saturated carbocycles. The van der Waals surface area contributed by atoms with Crippen molar-refractivity contribution in [1.29, 1.82) is 0 Å². The van der Waals surface area contributed by atoms with Crippen LogP contribution in [-0.2, 0) is 10.8 Å². The van der Waals surface area contributed by atoms with Gasteiger partial charge in [0.15, 0.2) is 11.5 Å². The smallest absolute Gasteiger partial charge is 0.254 e. The highest BCUT2D eigenvalue weighted by Crippen LogP contribution is 2.52. The summed E-state index contributed by atoms with van der Waals surface area (Å²) in [5, 5.41) is 2.59. The molecule has 284 valence electrons. The van der Waals surface area contributed by atoms with E-state index < -0.39 is 0 Å². The third-order valence-corrected chi connectivity index (χ3v) is 13.3. The van der Waals surface area contributed by atoms with Crippen LogP contribution in [0.15, 0.2) is 109 Å². The van der Waals surface area contributed by atoms with Crippen LogP contribution in [0.2, 0.25) is 0 Å². The Balaban J connectivity index is 1.33. The summed E-state index contributed by atoms with van der Waals surface area (Å²) in [5.41, 5.74) is 18.8. The maximum Gasteiger partial charge on any atom is 0.254 e. The minimum Gasteiger partial charge on any atom is -0.486 e. The Morgan fingerprint density at radius 2 is 1.21 bits per heavy atom. The van der Waals surface area contributed by atoms with Crippen LogP contribution in [0.5, 0.6) is 11.5 Å². The molecule has 3 aliphatic rings. The summed E-state index contributed by atoms with van der Waals surface area (Å²) < 4.78 is 14.1. The zero-order valence-corrected chi connectivity index (χ0v) is 35.3. The summed E-state index contributed by atoms with van der Waals surface area (Å²) in [6.07, 6.45) is 0. The molecule has 0 aliphatic carbocycles. The summed E-state index contributed by atoms with van der Waals surface area (Å²) in [6, 6.07) is 41.2. The maximum atomic E-state index is 6.39. The quantitative estimate of drug-likeness (QED) is 0.167. The molecule has 6 aromatic carbocycles. The van der Waals surface area contributed by atoms with E-state index in [0.29, 0.717) is 13.2 Å². The first kappa shape index (κ1) is 35.9. The van der Waals surface area contributed by atoms with E-state index in [4.69, 9.17) is 9.47 Å². The lowest BCUT2D eigenvalue weighted by Crippen LogP contribution is -2.61. The van der Waals surface area contributed by atoms with E-state index in [1.807, 2.05) is 11.3 Å². The van der Waals surface area contributed by atoms with Gasteiger partial charge in [0.2, 0.25) is 0 Å². The van der Waals surface area contributed by atoms with Crippen LogP contribution < -0.4 is 35.7 Å². The van der Waals surface area contributed by atoms with Crippen molar-refractivity contribution in [3.63, 3.8) is 0 Å². The predicted molar refractivity (Wildman–Crippen MR) is 244 cm³/mol. The van der Waals surface area contributed by atoms with Gasteiger partial charge in [-0.15, -0.1) is 11.3 Å².